The van der Waals surface area contributed by atoms with Crippen molar-refractivity contribution in [2.75, 3.05) is 18.4 Å². The van der Waals surface area contributed by atoms with Gasteiger partial charge in [-0.15, -0.1) is 0 Å². The summed E-state index contributed by atoms with van der Waals surface area (Å²) in [5.41, 5.74) is 0.953. The maximum atomic E-state index is 12.3. The van der Waals surface area contributed by atoms with Crippen LogP contribution in [0.15, 0.2) is 24.3 Å². The SMILES string of the molecule is CCN(C(=O)C1CNc2ccccc2O1)C(C)C. The number of hydrogen-bond acceptors (Lipinski definition) is 3. The van der Waals surface area contributed by atoms with E-state index < -0.39 is 6.10 Å². The zero-order valence-corrected chi connectivity index (χ0v) is 11.1. The third kappa shape index (κ3) is 2.42. The predicted molar refractivity (Wildman–Crippen MR) is 71.9 cm³/mol. The van der Waals surface area contributed by atoms with Gasteiger partial charge in [0.05, 0.1) is 12.2 Å². The monoisotopic (exact) mass is 248 g/mol. The molecule has 0 spiro atoms. The van der Waals surface area contributed by atoms with Crippen LogP contribution < -0.4 is 10.1 Å². The Morgan fingerprint density at radius 1 is 1.50 bits per heavy atom. The fourth-order valence-corrected chi connectivity index (χ4v) is 2.21. The first-order chi connectivity index (χ1) is 8.63. The van der Waals surface area contributed by atoms with E-state index in [-0.39, 0.29) is 11.9 Å². The molecule has 1 aliphatic heterocycles. The van der Waals surface area contributed by atoms with Gasteiger partial charge in [0.25, 0.3) is 5.91 Å². The van der Waals surface area contributed by atoms with E-state index in [4.69, 9.17) is 4.74 Å². The van der Waals surface area contributed by atoms with Gasteiger partial charge in [-0.25, -0.2) is 0 Å². The second-order valence-corrected chi connectivity index (χ2v) is 4.70. The van der Waals surface area contributed by atoms with Gasteiger partial charge in [-0.2, -0.15) is 0 Å². The van der Waals surface area contributed by atoms with Crippen molar-refractivity contribution >= 4 is 11.6 Å². The molecule has 18 heavy (non-hydrogen) atoms. The molecule has 0 saturated heterocycles. The first-order valence-corrected chi connectivity index (χ1v) is 6.43. The number of benzene rings is 1. The van der Waals surface area contributed by atoms with E-state index in [1.165, 1.54) is 0 Å². The number of anilines is 1. The minimum Gasteiger partial charge on any atom is -0.477 e. The molecule has 4 heteroatoms. The number of carbonyl (C=O) groups excluding carboxylic acids is 1. The molecule has 1 amide bonds. The Balaban J connectivity index is 2.11. The van der Waals surface area contributed by atoms with Gasteiger partial charge >= 0.3 is 0 Å². The third-order valence-electron chi connectivity index (χ3n) is 3.16. The summed E-state index contributed by atoms with van der Waals surface area (Å²) >= 11 is 0. The fraction of sp³-hybridized carbons (Fsp3) is 0.500. The molecule has 0 radical (unpaired) electrons. The molecule has 0 aromatic heterocycles. The molecule has 1 atom stereocenters. The lowest BCUT2D eigenvalue weighted by Crippen LogP contribution is -2.49. The second kappa shape index (κ2) is 5.29. The number of nitrogens with zero attached hydrogens (tertiary/aromatic N) is 1. The lowest BCUT2D eigenvalue weighted by molar-refractivity contribution is -0.139. The Morgan fingerprint density at radius 2 is 2.22 bits per heavy atom. The van der Waals surface area contributed by atoms with Gasteiger partial charge in [0, 0.05) is 12.6 Å². The Morgan fingerprint density at radius 3 is 2.89 bits per heavy atom. The Labute approximate surface area is 108 Å². The van der Waals surface area contributed by atoms with E-state index in [0.717, 1.165) is 11.4 Å². The summed E-state index contributed by atoms with van der Waals surface area (Å²) in [7, 11) is 0. The first-order valence-electron chi connectivity index (χ1n) is 6.43. The third-order valence-corrected chi connectivity index (χ3v) is 3.16. The summed E-state index contributed by atoms with van der Waals surface area (Å²) in [6.45, 7) is 7.26. The summed E-state index contributed by atoms with van der Waals surface area (Å²) in [5.74, 6) is 0.802. The minimum atomic E-state index is -0.428. The molecule has 2 rings (SSSR count). The standard InChI is InChI=1S/C14H20N2O2/c1-4-16(10(2)3)14(17)13-9-15-11-7-5-6-8-12(11)18-13/h5-8,10,13,15H,4,9H2,1-3H3. The maximum Gasteiger partial charge on any atom is 0.265 e. The van der Waals surface area contributed by atoms with Crippen molar-refractivity contribution < 1.29 is 9.53 Å². The van der Waals surface area contributed by atoms with Gasteiger partial charge in [0.1, 0.15) is 5.75 Å². The van der Waals surface area contributed by atoms with Crippen LogP contribution in [0.5, 0.6) is 5.75 Å². The largest absolute Gasteiger partial charge is 0.477 e. The molecule has 1 aromatic rings. The average molecular weight is 248 g/mol. The van der Waals surface area contributed by atoms with E-state index in [1.54, 1.807) is 0 Å². The van der Waals surface area contributed by atoms with Crippen LogP contribution in [0.4, 0.5) is 5.69 Å². The van der Waals surface area contributed by atoms with Gasteiger partial charge in [-0.3, -0.25) is 4.79 Å². The van der Waals surface area contributed by atoms with Gasteiger partial charge in [0.2, 0.25) is 0 Å². The van der Waals surface area contributed by atoms with Crippen molar-refractivity contribution in [1.29, 1.82) is 0 Å². The van der Waals surface area contributed by atoms with Crippen molar-refractivity contribution in [2.24, 2.45) is 0 Å². The van der Waals surface area contributed by atoms with Crippen LogP contribution in [0.25, 0.3) is 0 Å². The molecule has 0 saturated carbocycles. The average Bonchev–Trinajstić information content (AvgIpc) is 2.38. The molecule has 1 N–H and O–H groups in total. The molecule has 0 aliphatic carbocycles. The zero-order valence-electron chi connectivity index (χ0n) is 11.1. The van der Waals surface area contributed by atoms with Crippen molar-refractivity contribution in [3.05, 3.63) is 24.3 Å². The molecule has 1 aliphatic rings. The number of fused-ring (bicyclic) bond motifs is 1. The van der Waals surface area contributed by atoms with Crippen LogP contribution in [-0.2, 0) is 4.79 Å². The highest BCUT2D eigenvalue weighted by Gasteiger charge is 2.30. The molecular weight excluding hydrogens is 228 g/mol. The molecule has 1 heterocycles. The summed E-state index contributed by atoms with van der Waals surface area (Å²) in [5, 5.41) is 3.24. The van der Waals surface area contributed by atoms with Gasteiger partial charge in [-0.05, 0) is 32.9 Å². The number of para-hydroxylation sites is 2. The van der Waals surface area contributed by atoms with E-state index in [0.29, 0.717) is 13.1 Å². The van der Waals surface area contributed by atoms with E-state index in [9.17, 15) is 4.79 Å². The highest BCUT2D eigenvalue weighted by molar-refractivity contribution is 5.83. The fourth-order valence-electron chi connectivity index (χ4n) is 2.21. The number of rotatable bonds is 3. The minimum absolute atomic E-state index is 0.0505. The lowest BCUT2D eigenvalue weighted by Gasteiger charge is -2.32. The molecule has 98 valence electrons. The van der Waals surface area contributed by atoms with E-state index >= 15 is 0 Å². The van der Waals surface area contributed by atoms with Crippen LogP contribution >= 0.6 is 0 Å². The van der Waals surface area contributed by atoms with E-state index in [2.05, 4.69) is 5.32 Å². The second-order valence-electron chi connectivity index (χ2n) is 4.70. The quantitative estimate of drug-likeness (QED) is 0.891. The Hall–Kier alpha value is -1.71. The van der Waals surface area contributed by atoms with Crippen molar-refractivity contribution in [3.8, 4) is 5.75 Å². The van der Waals surface area contributed by atoms with Gasteiger partial charge in [0.15, 0.2) is 6.10 Å². The Bertz CT molecular complexity index is 432. The number of ether oxygens (including phenoxy) is 1. The van der Waals surface area contributed by atoms with Gasteiger partial charge in [-0.1, -0.05) is 12.1 Å². The van der Waals surface area contributed by atoms with Crippen LogP contribution in [0, 0.1) is 0 Å². The summed E-state index contributed by atoms with van der Waals surface area (Å²) in [4.78, 5) is 14.2. The number of likely N-dealkylation sites (N-methyl/N-ethyl adjacent to an activating group) is 1. The molecule has 1 aromatic carbocycles. The number of carbonyl (C=O) groups is 1. The first kappa shape index (κ1) is 12.7. The van der Waals surface area contributed by atoms with E-state index in [1.807, 2.05) is 49.9 Å². The highest BCUT2D eigenvalue weighted by Crippen LogP contribution is 2.28. The smallest absolute Gasteiger partial charge is 0.265 e. The number of nitrogens with one attached hydrogen (secondary N) is 1. The zero-order chi connectivity index (χ0) is 13.1. The molecular formula is C14H20N2O2. The van der Waals surface area contributed by atoms with Crippen molar-refractivity contribution in [2.45, 2.75) is 32.9 Å². The molecule has 0 fully saturated rings. The normalized spacial score (nSPS) is 17.7. The molecule has 4 nitrogen and oxygen atoms in total. The van der Waals surface area contributed by atoms with Crippen molar-refractivity contribution in [3.63, 3.8) is 0 Å². The summed E-state index contributed by atoms with van der Waals surface area (Å²) in [6.07, 6.45) is -0.428. The number of hydrogen-bond donors (Lipinski definition) is 1. The maximum absolute atomic E-state index is 12.3. The summed E-state index contributed by atoms with van der Waals surface area (Å²) in [6, 6.07) is 7.89. The highest BCUT2D eigenvalue weighted by atomic mass is 16.5. The predicted octanol–water partition coefficient (Wildman–Crippen LogP) is 2.12. The van der Waals surface area contributed by atoms with Crippen LogP contribution in [0.2, 0.25) is 0 Å². The molecule has 0 bridgehead atoms. The Kier molecular flexibility index (Phi) is 3.75. The lowest BCUT2D eigenvalue weighted by atomic mass is 10.2. The molecule has 1 unspecified atom stereocenters. The van der Waals surface area contributed by atoms with Crippen LogP contribution in [-0.4, -0.2) is 36.0 Å². The summed E-state index contributed by atoms with van der Waals surface area (Å²) < 4.78 is 5.77. The van der Waals surface area contributed by atoms with Gasteiger partial charge < -0.3 is 15.0 Å². The van der Waals surface area contributed by atoms with Crippen molar-refractivity contribution in [1.82, 2.24) is 4.90 Å². The topological polar surface area (TPSA) is 41.6 Å². The van der Waals surface area contributed by atoms with Crippen LogP contribution in [0.1, 0.15) is 20.8 Å². The van der Waals surface area contributed by atoms with Crippen LogP contribution in [0.3, 0.4) is 0 Å². The number of amides is 1.